The maximum absolute atomic E-state index is 6.29. The Balaban J connectivity index is 1.98. The fourth-order valence-electron chi connectivity index (χ4n) is 1.98. The second kappa shape index (κ2) is 6.42. The number of aryl methyl sites for hydroxylation is 2. The van der Waals surface area contributed by atoms with Crippen molar-refractivity contribution in [2.75, 3.05) is 0 Å². The van der Waals surface area contributed by atoms with Crippen molar-refractivity contribution in [1.29, 1.82) is 0 Å². The highest BCUT2D eigenvalue weighted by Crippen LogP contribution is 2.20. The highest BCUT2D eigenvalue weighted by Gasteiger charge is 2.12. The Bertz CT molecular complexity index is 564. The van der Waals surface area contributed by atoms with Crippen molar-refractivity contribution < 1.29 is 0 Å². The Labute approximate surface area is 123 Å². The number of aromatic nitrogens is 2. The van der Waals surface area contributed by atoms with Crippen molar-refractivity contribution >= 4 is 23.2 Å². The molecule has 5 heteroatoms. The summed E-state index contributed by atoms with van der Waals surface area (Å²) in [6.45, 7) is 3.50. The van der Waals surface area contributed by atoms with Gasteiger partial charge in [0.05, 0.1) is 16.4 Å². The summed E-state index contributed by atoms with van der Waals surface area (Å²) < 4.78 is 1.84. The minimum atomic E-state index is 0.689. The Morgan fingerprint density at radius 3 is 2.68 bits per heavy atom. The molecule has 0 aliphatic rings. The molecule has 0 atom stereocenters. The zero-order chi connectivity index (χ0) is 13.8. The van der Waals surface area contributed by atoms with Crippen LogP contribution in [0.1, 0.15) is 23.9 Å². The third-order valence-corrected chi connectivity index (χ3v) is 3.68. The van der Waals surface area contributed by atoms with Gasteiger partial charge in [-0.2, -0.15) is 5.10 Å². The van der Waals surface area contributed by atoms with E-state index in [-0.39, 0.29) is 0 Å². The lowest BCUT2D eigenvalue weighted by Crippen LogP contribution is -2.15. The van der Waals surface area contributed by atoms with Gasteiger partial charge in [-0.1, -0.05) is 42.3 Å². The third kappa shape index (κ3) is 3.50. The summed E-state index contributed by atoms with van der Waals surface area (Å²) in [4.78, 5) is 0. The molecule has 0 saturated heterocycles. The first kappa shape index (κ1) is 14.4. The van der Waals surface area contributed by atoms with Crippen molar-refractivity contribution in [3.8, 4) is 0 Å². The van der Waals surface area contributed by atoms with Crippen molar-refractivity contribution in [1.82, 2.24) is 15.1 Å². The normalized spacial score (nSPS) is 10.9. The monoisotopic (exact) mass is 297 g/mol. The number of nitrogens with zero attached hydrogens (tertiary/aromatic N) is 2. The second-order valence-corrected chi connectivity index (χ2v) is 5.23. The van der Waals surface area contributed by atoms with Crippen LogP contribution in [0, 0.1) is 0 Å². The molecule has 0 spiro atoms. The van der Waals surface area contributed by atoms with E-state index in [1.54, 1.807) is 0 Å². The van der Waals surface area contributed by atoms with Crippen molar-refractivity contribution in [2.24, 2.45) is 7.05 Å². The number of nitrogens with one attached hydrogen (secondary N) is 1. The zero-order valence-electron chi connectivity index (χ0n) is 11.1. The molecule has 19 heavy (non-hydrogen) atoms. The summed E-state index contributed by atoms with van der Waals surface area (Å²) in [5.74, 6) is 0. The summed E-state index contributed by atoms with van der Waals surface area (Å²) >= 11 is 12.2. The van der Waals surface area contributed by atoms with Gasteiger partial charge in [0.1, 0.15) is 0 Å². The van der Waals surface area contributed by atoms with E-state index in [4.69, 9.17) is 23.2 Å². The van der Waals surface area contributed by atoms with Gasteiger partial charge in [0, 0.05) is 25.2 Å². The van der Waals surface area contributed by atoms with Gasteiger partial charge in [0.25, 0.3) is 0 Å². The molecule has 0 unspecified atom stereocenters. The SMILES string of the molecule is CCc1nn(C)c(CNCc2cccc(Cl)c2)c1Cl. The maximum Gasteiger partial charge on any atom is 0.0863 e. The minimum absolute atomic E-state index is 0.689. The predicted molar refractivity (Wildman–Crippen MR) is 79.6 cm³/mol. The molecule has 0 saturated carbocycles. The Morgan fingerprint density at radius 2 is 2.05 bits per heavy atom. The lowest BCUT2D eigenvalue weighted by Gasteiger charge is -2.06. The highest BCUT2D eigenvalue weighted by molar-refractivity contribution is 6.32. The van der Waals surface area contributed by atoms with Gasteiger partial charge >= 0.3 is 0 Å². The van der Waals surface area contributed by atoms with Gasteiger partial charge in [-0.25, -0.2) is 0 Å². The lowest BCUT2D eigenvalue weighted by atomic mass is 10.2. The van der Waals surface area contributed by atoms with Crippen LogP contribution in [-0.4, -0.2) is 9.78 Å². The molecule has 2 rings (SSSR count). The molecule has 0 fully saturated rings. The van der Waals surface area contributed by atoms with E-state index >= 15 is 0 Å². The van der Waals surface area contributed by atoms with Crippen LogP contribution in [0.15, 0.2) is 24.3 Å². The summed E-state index contributed by atoms with van der Waals surface area (Å²) in [6, 6.07) is 7.82. The van der Waals surface area contributed by atoms with Gasteiger partial charge in [-0.15, -0.1) is 0 Å². The molecule has 1 N–H and O–H groups in total. The van der Waals surface area contributed by atoms with E-state index < -0.39 is 0 Å². The fourth-order valence-corrected chi connectivity index (χ4v) is 2.56. The molecule has 3 nitrogen and oxygen atoms in total. The van der Waals surface area contributed by atoms with Crippen LogP contribution in [0.2, 0.25) is 10.0 Å². The van der Waals surface area contributed by atoms with Crippen LogP contribution in [-0.2, 0) is 26.6 Å². The van der Waals surface area contributed by atoms with Gasteiger partial charge in [-0.05, 0) is 24.1 Å². The van der Waals surface area contributed by atoms with Crippen molar-refractivity contribution in [3.05, 3.63) is 51.3 Å². The lowest BCUT2D eigenvalue weighted by molar-refractivity contribution is 0.623. The second-order valence-electron chi connectivity index (χ2n) is 4.42. The number of halogens is 2. The summed E-state index contributed by atoms with van der Waals surface area (Å²) in [7, 11) is 1.92. The molecule has 0 bridgehead atoms. The van der Waals surface area contributed by atoms with Crippen molar-refractivity contribution in [3.63, 3.8) is 0 Å². The first-order chi connectivity index (χ1) is 9.11. The van der Waals surface area contributed by atoms with Gasteiger partial charge in [0.2, 0.25) is 0 Å². The predicted octanol–water partition coefficient (Wildman–Crippen LogP) is 3.58. The smallest absolute Gasteiger partial charge is 0.0863 e. The summed E-state index contributed by atoms with van der Waals surface area (Å²) in [5, 5.41) is 9.28. The van der Waals surface area contributed by atoms with Crippen LogP contribution in [0.4, 0.5) is 0 Å². The van der Waals surface area contributed by atoms with E-state index in [9.17, 15) is 0 Å². The molecule has 1 heterocycles. The molecule has 1 aromatic carbocycles. The molecule has 0 radical (unpaired) electrons. The van der Waals surface area contributed by atoms with E-state index in [0.717, 1.165) is 40.0 Å². The first-order valence-electron chi connectivity index (χ1n) is 6.27. The number of rotatable bonds is 5. The third-order valence-electron chi connectivity index (χ3n) is 3.01. The largest absolute Gasteiger partial charge is 0.307 e. The quantitative estimate of drug-likeness (QED) is 0.914. The van der Waals surface area contributed by atoms with Crippen LogP contribution in [0.25, 0.3) is 0 Å². The number of benzene rings is 1. The van der Waals surface area contributed by atoms with E-state index in [2.05, 4.69) is 17.3 Å². The number of hydrogen-bond donors (Lipinski definition) is 1. The Kier molecular flexibility index (Phi) is 4.86. The molecule has 0 aliphatic carbocycles. The van der Waals surface area contributed by atoms with Crippen LogP contribution in [0.5, 0.6) is 0 Å². The average Bonchev–Trinajstić information content (AvgIpc) is 2.66. The molecular formula is C14H17Cl2N3. The minimum Gasteiger partial charge on any atom is -0.307 e. The molecular weight excluding hydrogens is 281 g/mol. The zero-order valence-corrected chi connectivity index (χ0v) is 12.6. The van der Waals surface area contributed by atoms with Crippen molar-refractivity contribution in [2.45, 2.75) is 26.4 Å². The van der Waals surface area contributed by atoms with Gasteiger partial charge < -0.3 is 5.32 Å². The average molecular weight is 298 g/mol. The molecule has 0 aliphatic heterocycles. The van der Waals surface area contributed by atoms with Crippen LogP contribution < -0.4 is 5.32 Å². The highest BCUT2D eigenvalue weighted by atomic mass is 35.5. The molecule has 0 amide bonds. The Hall–Kier alpha value is -1.03. The maximum atomic E-state index is 6.29. The molecule has 102 valence electrons. The topological polar surface area (TPSA) is 29.9 Å². The van der Waals surface area contributed by atoms with E-state index in [1.807, 2.05) is 36.0 Å². The van der Waals surface area contributed by atoms with Gasteiger partial charge in [-0.3, -0.25) is 4.68 Å². The standard InChI is InChI=1S/C14H17Cl2N3/c1-3-12-14(16)13(19(2)18-12)9-17-8-10-5-4-6-11(15)7-10/h4-7,17H,3,8-9H2,1-2H3. The first-order valence-corrected chi connectivity index (χ1v) is 7.02. The van der Waals surface area contributed by atoms with Gasteiger partial charge in [0.15, 0.2) is 0 Å². The van der Waals surface area contributed by atoms with Crippen LogP contribution in [0.3, 0.4) is 0 Å². The summed E-state index contributed by atoms with van der Waals surface area (Å²) in [6.07, 6.45) is 0.848. The molecule has 2 aromatic rings. The molecule has 1 aromatic heterocycles. The Morgan fingerprint density at radius 1 is 1.26 bits per heavy atom. The van der Waals surface area contributed by atoms with Crippen LogP contribution >= 0.6 is 23.2 Å². The fraction of sp³-hybridized carbons (Fsp3) is 0.357. The summed E-state index contributed by atoms with van der Waals surface area (Å²) in [5.41, 5.74) is 3.12. The van der Waals surface area contributed by atoms with E-state index in [1.165, 1.54) is 0 Å². The number of hydrogen-bond acceptors (Lipinski definition) is 2. The van der Waals surface area contributed by atoms with E-state index in [0.29, 0.717) is 6.54 Å².